The molecule has 10 heteroatoms. The van der Waals surface area contributed by atoms with Crippen LogP contribution >= 0.6 is 11.3 Å². The summed E-state index contributed by atoms with van der Waals surface area (Å²) in [7, 11) is 1.90. The Hall–Kier alpha value is -4.02. The Bertz CT molecular complexity index is 1330. The van der Waals surface area contributed by atoms with E-state index in [-0.39, 0.29) is 11.8 Å². The molecular formula is C28H31N7O2S. The van der Waals surface area contributed by atoms with E-state index in [1.54, 1.807) is 6.07 Å². The summed E-state index contributed by atoms with van der Waals surface area (Å²) in [6, 6.07) is 21.2. The highest BCUT2D eigenvalue weighted by atomic mass is 32.1. The number of carbonyl (C=O) groups excluding carboxylic acids is 2. The normalized spacial score (nSPS) is 10.8. The molecule has 0 aliphatic rings. The molecule has 0 radical (unpaired) electrons. The third kappa shape index (κ3) is 8.82. The number of nitrogens with zero attached hydrogens (tertiary/aromatic N) is 4. The minimum absolute atomic E-state index is 0.104. The number of hydrogen-bond donors (Lipinski definition) is 3. The van der Waals surface area contributed by atoms with Crippen molar-refractivity contribution in [1.82, 2.24) is 25.7 Å². The number of hydrogen-bond acceptors (Lipinski definition) is 8. The molecular weight excluding hydrogens is 498 g/mol. The Morgan fingerprint density at radius 3 is 2.26 bits per heavy atom. The van der Waals surface area contributed by atoms with Crippen molar-refractivity contribution in [1.29, 1.82) is 0 Å². The highest BCUT2D eigenvalue weighted by Gasteiger charge is 2.10. The molecule has 0 unspecified atom stereocenters. The lowest BCUT2D eigenvalue weighted by Crippen LogP contribution is -2.15. The molecule has 4 rings (SSSR count). The van der Waals surface area contributed by atoms with Crippen LogP contribution in [0.5, 0.6) is 0 Å². The van der Waals surface area contributed by atoms with Crippen LogP contribution in [-0.2, 0) is 41.8 Å². The van der Waals surface area contributed by atoms with Crippen molar-refractivity contribution in [3.05, 3.63) is 94.1 Å². The number of rotatable bonds is 13. The van der Waals surface area contributed by atoms with E-state index in [9.17, 15) is 9.59 Å². The molecule has 4 aromatic rings. The van der Waals surface area contributed by atoms with E-state index in [1.807, 2.05) is 67.7 Å². The maximum Gasteiger partial charge on any atom is 0.230 e. The van der Waals surface area contributed by atoms with Crippen LogP contribution in [0.2, 0.25) is 0 Å². The summed E-state index contributed by atoms with van der Waals surface area (Å²) in [5, 5.41) is 26.8. The van der Waals surface area contributed by atoms with Crippen LogP contribution in [0.25, 0.3) is 0 Å². The van der Waals surface area contributed by atoms with Crippen LogP contribution in [0, 0.1) is 0 Å². The minimum atomic E-state index is -0.121. The molecule has 9 nitrogen and oxygen atoms in total. The van der Waals surface area contributed by atoms with Crippen LogP contribution in [0.1, 0.15) is 40.2 Å². The largest absolute Gasteiger partial charge is 0.316 e. The first-order valence-corrected chi connectivity index (χ1v) is 13.4. The van der Waals surface area contributed by atoms with E-state index >= 15 is 0 Å². The first kappa shape index (κ1) is 27.0. The number of amides is 2. The van der Waals surface area contributed by atoms with Gasteiger partial charge in [0, 0.05) is 13.0 Å². The Balaban J connectivity index is 1.15. The lowest BCUT2D eigenvalue weighted by molar-refractivity contribution is -0.116. The first-order valence-electron chi connectivity index (χ1n) is 12.6. The monoisotopic (exact) mass is 529 g/mol. The third-order valence-electron chi connectivity index (χ3n) is 5.72. The summed E-state index contributed by atoms with van der Waals surface area (Å²) in [4.78, 5) is 24.6. The van der Waals surface area contributed by atoms with Gasteiger partial charge in [0.15, 0.2) is 5.82 Å². The average Bonchev–Trinajstić information content (AvgIpc) is 3.35. The molecule has 0 spiro atoms. The number of benzene rings is 2. The van der Waals surface area contributed by atoms with Crippen LogP contribution < -0.4 is 16.0 Å². The quantitative estimate of drug-likeness (QED) is 0.224. The number of aromatic nitrogens is 4. The molecule has 196 valence electrons. The van der Waals surface area contributed by atoms with Gasteiger partial charge in [-0.3, -0.25) is 9.59 Å². The standard InChI is InChI=1S/C28H31N7O2S/c1-29-19-22-11-7-10-21(16-22)18-26(37)31-28-35-34-27(38-28)13-6-5-12-23-14-15-24(33-32-23)30-25(36)17-20-8-3-2-4-9-20/h2-4,7-11,14-16,29H,5-6,12-13,17-19H2,1H3,(H,30,33,36)(H,31,35,37). The van der Waals surface area contributed by atoms with Crippen LogP contribution in [0.3, 0.4) is 0 Å². The van der Waals surface area contributed by atoms with Crippen LogP contribution in [0.15, 0.2) is 66.7 Å². The second-order valence-electron chi connectivity index (χ2n) is 8.90. The topological polar surface area (TPSA) is 122 Å². The van der Waals surface area contributed by atoms with Gasteiger partial charge in [0.1, 0.15) is 5.01 Å². The molecule has 0 saturated carbocycles. The number of aryl methyl sites for hydroxylation is 2. The van der Waals surface area contributed by atoms with E-state index in [0.717, 1.165) is 59.6 Å². The Morgan fingerprint density at radius 2 is 1.47 bits per heavy atom. The van der Waals surface area contributed by atoms with Crippen molar-refractivity contribution < 1.29 is 9.59 Å². The lowest BCUT2D eigenvalue weighted by atomic mass is 10.1. The summed E-state index contributed by atoms with van der Waals surface area (Å²) in [5.41, 5.74) is 3.93. The van der Waals surface area contributed by atoms with Crippen molar-refractivity contribution in [2.24, 2.45) is 0 Å². The van der Waals surface area contributed by atoms with Crippen LogP contribution in [-0.4, -0.2) is 39.3 Å². The number of nitrogens with one attached hydrogen (secondary N) is 3. The molecule has 0 aliphatic carbocycles. The second-order valence-corrected chi connectivity index (χ2v) is 9.97. The first-order chi connectivity index (χ1) is 18.6. The lowest BCUT2D eigenvalue weighted by Gasteiger charge is -2.05. The van der Waals surface area contributed by atoms with Crippen LogP contribution in [0.4, 0.5) is 10.9 Å². The third-order valence-corrected chi connectivity index (χ3v) is 6.62. The zero-order valence-electron chi connectivity index (χ0n) is 21.3. The molecule has 0 aliphatic heterocycles. The summed E-state index contributed by atoms with van der Waals surface area (Å²) in [5.74, 6) is 0.223. The molecule has 2 aromatic carbocycles. The summed E-state index contributed by atoms with van der Waals surface area (Å²) in [6.07, 6.45) is 3.98. The van der Waals surface area contributed by atoms with Gasteiger partial charge in [-0.1, -0.05) is 65.9 Å². The highest BCUT2D eigenvalue weighted by Crippen LogP contribution is 2.18. The van der Waals surface area contributed by atoms with E-state index in [4.69, 9.17) is 0 Å². The molecule has 3 N–H and O–H groups in total. The number of unbranched alkanes of at least 4 members (excludes halogenated alkanes) is 1. The predicted octanol–water partition coefficient (Wildman–Crippen LogP) is 3.98. The number of carbonyl (C=O) groups is 2. The van der Waals surface area contributed by atoms with Gasteiger partial charge in [-0.05, 0) is 55.1 Å². The maximum atomic E-state index is 12.4. The summed E-state index contributed by atoms with van der Waals surface area (Å²) >= 11 is 1.41. The fourth-order valence-electron chi connectivity index (χ4n) is 3.92. The van der Waals surface area contributed by atoms with Gasteiger partial charge in [0.25, 0.3) is 0 Å². The highest BCUT2D eigenvalue weighted by molar-refractivity contribution is 7.15. The van der Waals surface area contributed by atoms with Gasteiger partial charge < -0.3 is 16.0 Å². The molecule has 38 heavy (non-hydrogen) atoms. The molecule has 0 atom stereocenters. The molecule has 0 fully saturated rings. The summed E-state index contributed by atoms with van der Waals surface area (Å²) in [6.45, 7) is 0.764. The van der Waals surface area contributed by atoms with E-state index in [1.165, 1.54) is 11.3 Å². The Labute approximate surface area is 226 Å². The molecule has 2 aromatic heterocycles. The second kappa shape index (κ2) is 14.1. The van der Waals surface area contributed by atoms with Crippen molar-refractivity contribution in [3.63, 3.8) is 0 Å². The minimum Gasteiger partial charge on any atom is -0.316 e. The summed E-state index contributed by atoms with van der Waals surface area (Å²) < 4.78 is 0. The Kier molecular flexibility index (Phi) is 10.00. The van der Waals surface area contributed by atoms with Gasteiger partial charge in [0.05, 0.1) is 18.5 Å². The maximum absolute atomic E-state index is 12.4. The fraction of sp³-hybridized carbons (Fsp3) is 0.286. The van der Waals surface area contributed by atoms with Gasteiger partial charge in [0.2, 0.25) is 16.9 Å². The Morgan fingerprint density at radius 1 is 0.737 bits per heavy atom. The van der Waals surface area contributed by atoms with E-state index in [0.29, 0.717) is 23.8 Å². The van der Waals surface area contributed by atoms with Gasteiger partial charge in [-0.2, -0.15) is 5.10 Å². The molecule has 2 amide bonds. The number of anilines is 2. The molecule has 2 heterocycles. The molecule has 0 saturated heterocycles. The van der Waals surface area contributed by atoms with Crippen molar-refractivity contribution in [2.75, 3.05) is 17.7 Å². The SMILES string of the molecule is CNCc1cccc(CC(=O)Nc2nnc(CCCCc3ccc(NC(=O)Cc4ccccc4)nn3)s2)c1. The van der Waals surface area contributed by atoms with E-state index in [2.05, 4.69) is 36.3 Å². The zero-order valence-corrected chi connectivity index (χ0v) is 22.1. The smallest absolute Gasteiger partial charge is 0.230 e. The molecule has 0 bridgehead atoms. The predicted molar refractivity (Wildman–Crippen MR) is 149 cm³/mol. The average molecular weight is 530 g/mol. The van der Waals surface area contributed by atoms with Gasteiger partial charge in [-0.15, -0.1) is 15.3 Å². The van der Waals surface area contributed by atoms with Crippen molar-refractivity contribution in [3.8, 4) is 0 Å². The van der Waals surface area contributed by atoms with Gasteiger partial charge >= 0.3 is 0 Å². The van der Waals surface area contributed by atoms with E-state index < -0.39 is 0 Å². The van der Waals surface area contributed by atoms with Crippen molar-refractivity contribution >= 4 is 34.1 Å². The zero-order chi connectivity index (χ0) is 26.6. The van der Waals surface area contributed by atoms with Gasteiger partial charge in [-0.25, -0.2) is 0 Å². The van der Waals surface area contributed by atoms with Crippen molar-refractivity contribution in [2.45, 2.75) is 45.1 Å². The fourth-order valence-corrected chi connectivity index (χ4v) is 4.72.